The Hall–Kier alpha value is -1.10. The molecule has 0 radical (unpaired) electrons. The summed E-state index contributed by atoms with van der Waals surface area (Å²) in [6.07, 6.45) is 1.42. The lowest BCUT2D eigenvalue weighted by Crippen LogP contribution is -2.32. The Bertz CT molecular complexity index is 216. The standard InChI is InChI=1S/C12H25N3O2/c1-9(2)8-15-12(17)6-7-14-11(16)5-4-10(3)13/h9-10H,4-8,13H2,1-3H3,(H,14,16)(H,15,17). The molecule has 2 amide bonds. The smallest absolute Gasteiger partial charge is 0.221 e. The molecule has 100 valence electrons. The number of hydrogen-bond donors (Lipinski definition) is 3. The largest absolute Gasteiger partial charge is 0.356 e. The summed E-state index contributed by atoms with van der Waals surface area (Å²) in [6, 6.07) is 0.0371. The molecule has 0 rings (SSSR count). The maximum Gasteiger partial charge on any atom is 0.221 e. The van der Waals surface area contributed by atoms with Crippen molar-refractivity contribution < 1.29 is 9.59 Å². The predicted octanol–water partition coefficient (Wildman–Crippen LogP) is 0.392. The van der Waals surface area contributed by atoms with Crippen molar-refractivity contribution in [2.45, 2.75) is 46.1 Å². The molecule has 0 bridgehead atoms. The van der Waals surface area contributed by atoms with Gasteiger partial charge >= 0.3 is 0 Å². The second kappa shape index (κ2) is 8.98. The van der Waals surface area contributed by atoms with Gasteiger partial charge in [-0.15, -0.1) is 0 Å². The molecular formula is C12H25N3O2. The zero-order valence-electron chi connectivity index (χ0n) is 11.1. The number of carbonyl (C=O) groups is 2. The van der Waals surface area contributed by atoms with E-state index in [1.165, 1.54) is 0 Å². The summed E-state index contributed by atoms with van der Waals surface area (Å²) in [6.45, 7) is 7.01. The molecule has 5 nitrogen and oxygen atoms in total. The van der Waals surface area contributed by atoms with Gasteiger partial charge in [0.15, 0.2) is 0 Å². The Morgan fingerprint density at radius 2 is 1.65 bits per heavy atom. The van der Waals surface area contributed by atoms with Crippen LogP contribution in [-0.4, -0.2) is 30.9 Å². The van der Waals surface area contributed by atoms with Crippen LogP contribution in [0.3, 0.4) is 0 Å². The summed E-state index contributed by atoms with van der Waals surface area (Å²) in [4.78, 5) is 22.6. The number of nitrogens with one attached hydrogen (secondary N) is 2. The zero-order valence-corrected chi connectivity index (χ0v) is 11.1. The molecule has 17 heavy (non-hydrogen) atoms. The van der Waals surface area contributed by atoms with Crippen molar-refractivity contribution in [3.63, 3.8) is 0 Å². The lowest BCUT2D eigenvalue weighted by molar-refractivity contribution is -0.122. The third-order valence-electron chi connectivity index (χ3n) is 2.21. The van der Waals surface area contributed by atoms with E-state index >= 15 is 0 Å². The van der Waals surface area contributed by atoms with Crippen molar-refractivity contribution >= 4 is 11.8 Å². The van der Waals surface area contributed by atoms with E-state index < -0.39 is 0 Å². The van der Waals surface area contributed by atoms with Crippen molar-refractivity contribution in [3.05, 3.63) is 0 Å². The number of carbonyl (C=O) groups excluding carboxylic acids is 2. The minimum Gasteiger partial charge on any atom is -0.356 e. The van der Waals surface area contributed by atoms with E-state index in [0.29, 0.717) is 38.3 Å². The van der Waals surface area contributed by atoms with Gasteiger partial charge in [-0.3, -0.25) is 9.59 Å². The van der Waals surface area contributed by atoms with Crippen LogP contribution in [0.5, 0.6) is 0 Å². The molecule has 1 atom stereocenters. The molecule has 0 aliphatic rings. The van der Waals surface area contributed by atoms with E-state index in [1.54, 1.807) is 0 Å². The lowest BCUT2D eigenvalue weighted by atomic mass is 10.2. The van der Waals surface area contributed by atoms with Crippen molar-refractivity contribution in [2.75, 3.05) is 13.1 Å². The van der Waals surface area contributed by atoms with E-state index in [1.807, 2.05) is 20.8 Å². The van der Waals surface area contributed by atoms with Crippen LogP contribution in [0.25, 0.3) is 0 Å². The first-order chi connectivity index (χ1) is 7.91. The number of nitrogens with two attached hydrogens (primary N) is 1. The molecule has 1 unspecified atom stereocenters. The van der Waals surface area contributed by atoms with Gasteiger partial charge in [0.25, 0.3) is 0 Å². The Morgan fingerprint density at radius 3 is 2.18 bits per heavy atom. The van der Waals surface area contributed by atoms with Gasteiger partial charge in [0.2, 0.25) is 11.8 Å². The molecule has 0 heterocycles. The Morgan fingerprint density at radius 1 is 1.06 bits per heavy atom. The van der Waals surface area contributed by atoms with Gasteiger partial charge in [0, 0.05) is 32.0 Å². The highest BCUT2D eigenvalue weighted by molar-refractivity contribution is 5.78. The second-order valence-corrected chi connectivity index (χ2v) is 4.81. The van der Waals surface area contributed by atoms with Gasteiger partial charge in [0.1, 0.15) is 0 Å². The molecule has 0 saturated heterocycles. The Labute approximate surface area is 104 Å². The molecule has 0 saturated carbocycles. The van der Waals surface area contributed by atoms with Crippen LogP contribution in [0, 0.1) is 5.92 Å². The van der Waals surface area contributed by atoms with Gasteiger partial charge in [0.05, 0.1) is 0 Å². The van der Waals surface area contributed by atoms with Crippen molar-refractivity contribution in [1.82, 2.24) is 10.6 Å². The topological polar surface area (TPSA) is 84.2 Å². The van der Waals surface area contributed by atoms with E-state index in [2.05, 4.69) is 10.6 Å². The average molecular weight is 243 g/mol. The predicted molar refractivity (Wildman–Crippen MR) is 68.4 cm³/mol. The van der Waals surface area contributed by atoms with Gasteiger partial charge in [-0.2, -0.15) is 0 Å². The Balaban J connectivity index is 3.49. The molecule has 0 aromatic carbocycles. The third kappa shape index (κ3) is 11.2. The fourth-order valence-corrected chi connectivity index (χ4v) is 1.17. The molecule has 0 aliphatic carbocycles. The lowest BCUT2D eigenvalue weighted by Gasteiger charge is -2.09. The molecule has 0 spiro atoms. The Kier molecular flexibility index (Phi) is 8.40. The van der Waals surface area contributed by atoms with E-state index in [4.69, 9.17) is 5.73 Å². The third-order valence-corrected chi connectivity index (χ3v) is 2.21. The summed E-state index contributed by atoms with van der Waals surface area (Å²) in [5, 5.41) is 5.50. The summed E-state index contributed by atoms with van der Waals surface area (Å²) in [5.74, 6) is 0.379. The average Bonchev–Trinajstić information content (AvgIpc) is 2.23. The molecule has 0 aromatic rings. The molecule has 0 aromatic heterocycles. The van der Waals surface area contributed by atoms with Gasteiger partial charge in [-0.05, 0) is 19.3 Å². The van der Waals surface area contributed by atoms with Crippen molar-refractivity contribution in [1.29, 1.82) is 0 Å². The van der Waals surface area contributed by atoms with Crippen LogP contribution < -0.4 is 16.4 Å². The highest BCUT2D eigenvalue weighted by Gasteiger charge is 2.05. The van der Waals surface area contributed by atoms with Crippen LogP contribution in [-0.2, 0) is 9.59 Å². The van der Waals surface area contributed by atoms with Crippen molar-refractivity contribution in [3.8, 4) is 0 Å². The van der Waals surface area contributed by atoms with Crippen LogP contribution in [0.1, 0.15) is 40.0 Å². The van der Waals surface area contributed by atoms with Crippen LogP contribution in [0.15, 0.2) is 0 Å². The molecule has 4 N–H and O–H groups in total. The van der Waals surface area contributed by atoms with Gasteiger partial charge in [-0.1, -0.05) is 13.8 Å². The highest BCUT2D eigenvalue weighted by Crippen LogP contribution is 1.93. The fourth-order valence-electron chi connectivity index (χ4n) is 1.17. The monoisotopic (exact) mass is 243 g/mol. The summed E-state index contributed by atoms with van der Waals surface area (Å²) in [7, 11) is 0. The summed E-state index contributed by atoms with van der Waals surface area (Å²) in [5.41, 5.74) is 5.54. The van der Waals surface area contributed by atoms with Crippen molar-refractivity contribution in [2.24, 2.45) is 11.7 Å². The number of amides is 2. The first kappa shape index (κ1) is 15.9. The first-order valence-electron chi connectivity index (χ1n) is 6.20. The quantitative estimate of drug-likeness (QED) is 0.576. The highest BCUT2D eigenvalue weighted by atomic mass is 16.2. The molecule has 0 fully saturated rings. The van der Waals surface area contributed by atoms with E-state index in [9.17, 15) is 9.59 Å². The van der Waals surface area contributed by atoms with E-state index in [-0.39, 0.29) is 17.9 Å². The van der Waals surface area contributed by atoms with Crippen LogP contribution in [0.2, 0.25) is 0 Å². The SMILES string of the molecule is CC(C)CNC(=O)CCNC(=O)CCC(C)N. The number of hydrogen-bond acceptors (Lipinski definition) is 3. The van der Waals surface area contributed by atoms with E-state index in [0.717, 1.165) is 0 Å². The summed E-state index contributed by atoms with van der Waals surface area (Å²) >= 11 is 0. The number of rotatable bonds is 8. The van der Waals surface area contributed by atoms with Gasteiger partial charge < -0.3 is 16.4 Å². The minimum atomic E-state index is -0.0426. The minimum absolute atomic E-state index is 0.0220. The fraction of sp³-hybridized carbons (Fsp3) is 0.833. The maximum absolute atomic E-state index is 11.3. The summed E-state index contributed by atoms with van der Waals surface area (Å²) < 4.78 is 0. The molecule has 5 heteroatoms. The zero-order chi connectivity index (χ0) is 13.3. The normalized spacial score (nSPS) is 12.3. The molecule has 0 aliphatic heterocycles. The van der Waals surface area contributed by atoms with Crippen LogP contribution in [0.4, 0.5) is 0 Å². The van der Waals surface area contributed by atoms with Gasteiger partial charge in [-0.25, -0.2) is 0 Å². The molecular weight excluding hydrogens is 218 g/mol. The van der Waals surface area contributed by atoms with Crippen LogP contribution >= 0.6 is 0 Å². The second-order valence-electron chi connectivity index (χ2n) is 4.81. The maximum atomic E-state index is 11.3. The first-order valence-corrected chi connectivity index (χ1v) is 6.20.